The van der Waals surface area contributed by atoms with E-state index in [4.69, 9.17) is 4.74 Å². The van der Waals surface area contributed by atoms with Crippen LogP contribution >= 0.6 is 31.9 Å². The Morgan fingerprint density at radius 1 is 1.14 bits per heavy atom. The lowest BCUT2D eigenvalue weighted by Gasteiger charge is -2.13. The average molecular weight is 417 g/mol. The van der Waals surface area contributed by atoms with Gasteiger partial charge in [0.2, 0.25) is 5.75 Å². The largest absolute Gasteiger partial charge is 0.450 e. The Balaban J connectivity index is 2.46. The van der Waals surface area contributed by atoms with Gasteiger partial charge in [0, 0.05) is 20.6 Å². The van der Waals surface area contributed by atoms with Crippen molar-refractivity contribution in [3.63, 3.8) is 0 Å². The highest BCUT2D eigenvalue weighted by molar-refractivity contribution is 9.10. The molecule has 2 aromatic rings. The van der Waals surface area contributed by atoms with Gasteiger partial charge in [-0.1, -0.05) is 31.9 Å². The first-order chi connectivity index (χ1) is 9.88. The lowest BCUT2D eigenvalue weighted by atomic mass is 10.1. The predicted molar refractivity (Wildman–Crippen MR) is 85.6 cm³/mol. The first-order valence-corrected chi connectivity index (χ1v) is 7.56. The molecule has 0 heterocycles. The number of benzene rings is 2. The highest BCUT2D eigenvalue weighted by Gasteiger charge is 2.18. The van der Waals surface area contributed by atoms with E-state index < -0.39 is 11.0 Å². The Kier molecular flexibility index (Phi) is 4.97. The zero-order chi connectivity index (χ0) is 15.6. The summed E-state index contributed by atoms with van der Waals surface area (Å²) in [5.41, 5.74) is 0.394. The predicted octanol–water partition coefficient (Wildman–Crippen LogP) is 4.97. The Labute approximate surface area is 138 Å². The van der Waals surface area contributed by atoms with E-state index in [2.05, 4.69) is 31.9 Å². The maximum atomic E-state index is 11.1. The molecule has 0 aromatic heterocycles. The number of rotatable bonds is 4. The smallest absolute Gasteiger partial charge is 0.312 e. The fourth-order valence-corrected chi connectivity index (χ4v) is 2.50. The van der Waals surface area contributed by atoms with Crippen LogP contribution in [-0.2, 0) is 0 Å². The topological polar surface area (TPSA) is 72.6 Å². The molecule has 2 aromatic carbocycles. The number of hydrogen-bond acceptors (Lipinski definition) is 4. The standard InChI is InChI=1S/C14H11Br2NO4/c1-8(18)11-6-9(15)2-4-13(11)21-14-5-3-10(16)7-12(14)17(19)20/h2-8,18H,1H3. The molecular formula is C14H11Br2NO4. The van der Waals surface area contributed by atoms with Crippen molar-refractivity contribution in [3.05, 3.63) is 61.0 Å². The second-order valence-corrected chi connectivity index (χ2v) is 6.16. The number of halogens is 2. The average Bonchev–Trinajstić information content (AvgIpc) is 2.42. The molecule has 0 aliphatic carbocycles. The minimum atomic E-state index is -0.757. The van der Waals surface area contributed by atoms with E-state index in [1.807, 2.05) is 0 Å². The second kappa shape index (κ2) is 6.55. The van der Waals surface area contributed by atoms with E-state index >= 15 is 0 Å². The summed E-state index contributed by atoms with van der Waals surface area (Å²) >= 11 is 6.51. The Hall–Kier alpha value is -1.44. The van der Waals surface area contributed by atoms with Gasteiger partial charge in [-0.15, -0.1) is 0 Å². The normalized spacial score (nSPS) is 12.0. The molecule has 0 amide bonds. The molecule has 5 nitrogen and oxygen atoms in total. The van der Waals surface area contributed by atoms with Crippen molar-refractivity contribution >= 4 is 37.5 Å². The summed E-state index contributed by atoms with van der Waals surface area (Å²) in [6.07, 6.45) is -0.757. The Morgan fingerprint density at radius 2 is 1.71 bits per heavy atom. The highest BCUT2D eigenvalue weighted by atomic mass is 79.9. The van der Waals surface area contributed by atoms with Crippen molar-refractivity contribution in [2.24, 2.45) is 0 Å². The van der Waals surface area contributed by atoms with E-state index in [-0.39, 0.29) is 11.4 Å². The summed E-state index contributed by atoms with van der Waals surface area (Å²) in [6, 6.07) is 9.64. The molecule has 21 heavy (non-hydrogen) atoms. The molecule has 0 fully saturated rings. The first-order valence-electron chi connectivity index (χ1n) is 5.98. The van der Waals surface area contributed by atoms with Crippen LogP contribution in [0.4, 0.5) is 5.69 Å². The molecule has 7 heteroatoms. The summed E-state index contributed by atoms with van der Waals surface area (Å²) in [5.74, 6) is 0.492. The van der Waals surface area contributed by atoms with Gasteiger partial charge in [-0.2, -0.15) is 0 Å². The Morgan fingerprint density at radius 3 is 2.29 bits per heavy atom. The van der Waals surface area contributed by atoms with Crippen LogP contribution < -0.4 is 4.74 Å². The molecule has 0 saturated carbocycles. The van der Waals surface area contributed by atoms with Gasteiger partial charge < -0.3 is 9.84 Å². The van der Waals surface area contributed by atoms with Gasteiger partial charge in [0.05, 0.1) is 11.0 Å². The zero-order valence-corrected chi connectivity index (χ0v) is 14.1. The first kappa shape index (κ1) is 15.9. The van der Waals surface area contributed by atoms with Crippen molar-refractivity contribution in [1.29, 1.82) is 0 Å². The molecule has 0 saturated heterocycles. The third kappa shape index (κ3) is 3.81. The van der Waals surface area contributed by atoms with Crippen LogP contribution in [0.1, 0.15) is 18.6 Å². The van der Waals surface area contributed by atoms with E-state index in [1.165, 1.54) is 12.1 Å². The van der Waals surface area contributed by atoms with Gasteiger partial charge in [-0.05, 0) is 37.3 Å². The number of nitro groups is 1. The van der Waals surface area contributed by atoms with Gasteiger partial charge in [0.1, 0.15) is 5.75 Å². The van der Waals surface area contributed by atoms with Crippen molar-refractivity contribution in [1.82, 2.24) is 0 Å². The number of aliphatic hydroxyl groups is 1. The molecule has 0 spiro atoms. The summed E-state index contributed by atoms with van der Waals surface area (Å²) in [6.45, 7) is 1.60. The number of ether oxygens (including phenoxy) is 1. The van der Waals surface area contributed by atoms with Crippen LogP contribution in [0.5, 0.6) is 11.5 Å². The molecular weight excluding hydrogens is 406 g/mol. The molecule has 2 rings (SSSR count). The quantitative estimate of drug-likeness (QED) is 0.564. The van der Waals surface area contributed by atoms with Gasteiger partial charge in [-0.25, -0.2) is 0 Å². The third-order valence-corrected chi connectivity index (χ3v) is 3.75. The van der Waals surface area contributed by atoms with E-state index in [0.29, 0.717) is 15.8 Å². The fourth-order valence-electron chi connectivity index (χ4n) is 1.78. The molecule has 1 unspecified atom stereocenters. The van der Waals surface area contributed by atoms with Crippen LogP contribution in [0.15, 0.2) is 45.3 Å². The minimum Gasteiger partial charge on any atom is -0.450 e. The van der Waals surface area contributed by atoms with Crippen molar-refractivity contribution in [3.8, 4) is 11.5 Å². The van der Waals surface area contributed by atoms with Gasteiger partial charge in [-0.3, -0.25) is 10.1 Å². The molecule has 0 bridgehead atoms. The lowest BCUT2D eigenvalue weighted by Crippen LogP contribution is -1.98. The van der Waals surface area contributed by atoms with Crippen molar-refractivity contribution in [2.45, 2.75) is 13.0 Å². The van der Waals surface area contributed by atoms with Gasteiger partial charge >= 0.3 is 5.69 Å². The van der Waals surface area contributed by atoms with Crippen LogP contribution in [0.2, 0.25) is 0 Å². The van der Waals surface area contributed by atoms with E-state index in [0.717, 1.165) is 4.47 Å². The highest BCUT2D eigenvalue weighted by Crippen LogP contribution is 2.37. The van der Waals surface area contributed by atoms with Crippen LogP contribution in [0.25, 0.3) is 0 Å². The maximum absolute atomic E-state index is 11.1. The second-order valence-electron chi connectivity index (χ2n) is 4.33. The lowest BCUT2D eigenvalue weighted by molar-refractivity contribution is -0.385. The zero-order valence-electron chi connectivity index (χ0n) is 10.9. The maximum Gasteiger partial charge on any atom is 0.312 e. The van der Waals surface area contributed by atoms with E-state index in [1.54, 1.807) is 31.2 Å². The van der Waals surface area contributed by atoms with Crippen LogP contribution in [0.3, 0.4) is 0 Å². The van der Waals surface area contributed by atoms with E-state index in [9.17, 15) is 15.2 Å². The van der Waals surface area contributed by atoms with Crippen molar-refractivity contribution in [2.75, 3.05) is 0 Å². The monoisotopic (exact) mass is 415 g/mol. The molecule has 1 N–H and O–H groups in total. The fraction of sp³-hybridized carbons (Fsp3) is 0.143. The van der Waals surface area contributed by atoms with Crippen LogP contribution in [0, 0.1) is 10.1 Å². The third-order valence-electron chi connectivity index (χ3n) is 2.76. The molecule has 110 valence electrons. The van der Waals surface area contributed by atoms with Crippen molar-refractivity contribution < 1.29 is 14.8 Å². The van der Waals surface area contributed by atoms with Crippen LogP contribution in [-0.4, -0.2) is 10.0 Å². The van der Waals surface area contributed by atoms with Gasteiger partial charge in [0.25, 0.3) is 0 Å². The summed E-state index contributed by atoms with van der Waals surface area (Å²) in [5, 5.41) is 20.9. The summed E-state index contributed by atoms with van der Waals surface area (Å²) in [7, 11) is 0. The van der Waals surface area contributed by atoms with Gasteiger partial charge in [0.15, 0.2) is 0 Å². The molecule has 0 radical (unpaired) electrons. The molecule has 0 aliphatic rings. The molecule has 1 atom stereocenters. The summed E-state index contributed by atoms with van der Waals surface area (Å²) < 4.78 is 7.01. The number of nitro benzene ring substituents is 1. The summed E-state index contributed by atoms with van der Waals surface area (Å²) in [4.78, 5) is 10.6. The Bertz CT molecular complexity index is 689. The number of nitrogens with zero attached hydrogens (tertiary/aromatic N) is 1. The number of hydrogen-bond donors (Lipinski definition) is 1. The molecule has 0 aliphatic heterocycles. The SMILES string of the molecule is CC(O)c1cc(Br)ccc1Oc1ccc(Br)cc1[N+](=O)[O-]. The minimum absolute atomic E-state index is 0.118. The number of aliphatic hydroxyl groups excluding tert-OH is 1.